The van der Waals surface area contributed by atoms with Gasteiger partial charge < -0.3 is 5.32 Å². The molecule has 2 aliphatic rings. The van der Waals surface area contributed by atoms with E-state index in [1.807, 2.05) is 6.07 Å². The second-order valence-corrected chi connectivity index (χ2v) is 6.37. The molecule has 1 N–H and O–H groups in total. The normalized spacial score (nSPS) is 17.7. The SMILES string of the molecule is N#CCc1ccc(NC(=O)CN2C(=O)C(=O)N(C3CCCC3)C2=O)cc1. The van der Waals surface area contributed by atoms with E-state index in [-0.39, 0.29) is 12.5 Å². The van der Waals surface area contributed by atoms with Gasteiger partial charge in [-0.2, -0.15) is 5.26 Å². The summed E-state index contributed by atoms with van der Waals surface area (Å²) in [6, 6.07) is 7.74. The summed E-state index contributed by atoms with van der Waals surface area (Å²) in [5.74, 6) is -2.38. The average molecular weight is 354 g/mol. The molecule has 3 rings (SSSR count). The molecule has 1 heterocycles. The topological polar surface area (TPSA) is 111 Å². The Morgan fingerprint density at radius 2 is 1.77 bits per heavy atom. The number of anilines is 1. The van der Waals surface area contributed by atoms with Gasteiger partial charge in [-0.05, 0) is 30.5 Å². The van der Waals surface area contributed by atoms with E-state index in [1.54, 1.807) is 24.3 Å². The Balaban J connectivity index is 1.63. The van der Waals surface area contributed by atoms with Gasteiger partial charge in [-0.25, -0.2) is 9.69 Å². The van der Waals surface area contributed by atoms with Crippen molar-refractivity contribution in [3.63, 3.8) is 0 Å². The molecule has 0 radical (unpaired) electrons. The summed E-state index contributed by atoms with van der Waals surface area (Å²) in [4.78, 5) is 50.5. The molecule has 26 heavy (non-hydrogen) atoms. The number of benzene rings is 1. The van der Waals surface area contributed by atoms with Gasteiger partial charge in [-0.1, -0.05) is 25.0 Å². The quantitative estimate of drug-likeness (QED) is 0.635. The number of hydrogen-bond donors (Lipinski definition) is 1. The molecule has 1 aromatic carbocycles. The van der Waals surface area contributed by atoms with Gasteiger partial charge in [0.2, 0.25) is 5.91 Å². The second kappa shape index (κ2) is 7.35. The van der Waals surface area contributed by atoms with Crippen LogP contribution in [0, 0.1) is 11.3 Å². The van der Waals surface area contributed by atoms with E-state index in [0.29, 0.717) is 23.4 Å². The molecular formula is C18H18N4O4. The van der Waals surface area contributed by atoms with Gasteiger partial charge >= 0.3 is 17.8 Å². The number of nitrogens with one attached hydrogen (secondary N) is 1. The molecule has 1 saturated carbocycles. The highest BCUT2D eigenvalue weighted by Crippen LogP contribution is 2.27. The fourth-order valence-electron chi connectivity index (χ4n) is 3.29. The molecule has 0 aromatic heterocycles. The molecule has 1 aliphatic carbocycles. The van der Waals surface area contributed by atoms with E-state index in [1.165, 1.54) is 0 Å². The smallest absolute Gasteiger partial charge is 0.325 e. The van der Waals surface area contributed by atoms with Crippen LogP contribution >= 0.6 is 0 Å². The average Bonchev–Trinajstić information content (AvgIpc) is 3.21. The first kappa shape index (κ1) is 17.6. The molecule has 0 spiro atoms. The second-order valence-electron chi connectivity index (χ2n) is 6.37. The zero-order chi connectivity index (χ0) is 18.7. The fraction of sp³-hybridized carbons (Fsp3) is 0.389. The number of carbonyl (C=O) groups is 4. The van der Waals surface area contributed by atoms with Crippen molar-refractivity contribution < 1.29 is 19.2 Å². The van der Waals surface area contributed by atoms with Crippen LogP contribution in [0.3, 0.4) is 0 Å². The molecule has 1 saturated heterocycles. The van der Waals surface area contributed by atoms with Crippen LogP contribution in [-0.4, -0.2) is 46.1 Å². The predicted octanol–water partition coefficient (Wildman–Crippen LogP) is 1.42. The van der Waals surface area contributed by atoms with E-state index in [9.17, 15) is 19.2 Å². The van der Waals surface area contributed by atoms with Crippen LogP contribution in [0.25, 0.3) is 0 Å². The minimum atomic E-state index is -0.957. The Morgan fingerprint density at radius 1 is 1.12 bits per heavy atom. The molecule has 1 aliphatic heterocycles. The van der Waals surface area contributed by atoms with Gasteiger partial charge in [0.25, 0.3) is 0 Å². The van der Waals surface area contributed by atoms with Gasteiger partial charge in [-0.3, -0.25) is 19.3 Å². The number of rotatable bonds is 5. The summed E-state index contributed by atoms with van der Waals surface area (Å²) >= 11 is 0. The lowest BCUT2D eigenvalue weighted by Crippen LogP contribution is -2.41. The third-order valence-electron chi connectivity index (χ3n) is 4.60. The zero-order valence-electron chi connectivity index (χ0n) is 14.1. The maximum Gasteiger partial charge on any atom is 0.334 e. The standard InChI is InChI=1S/C18H18N4O4/c19-10-9-12-5-7-13(8-6-12)20-15(23)11-21-16(24)17(25)22(18(21)26)14-3-1-2-4-14/h5-8,14H,1-4,9,11H2,(H,20,23). The van der Waals surface area contributed by atoms with E-state index in [0.717, 1.165) is 23.3 Å². The summed E-state index contributed by atoms with van der Waals surface area (Å²) in [7, 11) is 0. The van der Waals surface area contributed by atoms with Crippen LogP contribution in [0.5, 0.6) is 0 Å². The highest BCUT2D eigenvalue weighted by molar-refractivity contribution is 6.45. The molecule has 134 valence electrons. The summed E-state index contributed by atoms with van der Waals surface area (Å²) < 4.78 is 0. The zero-order valence-corrected chi connectivity index (χ0v) is 14.1. The van der Waals surface area contributed by atoms with E-state index < -0.39 is 30.3 Å². The molecule has 5 amide bonds. The molecule has 0 atom stereocenters. The van der Waals surface area contributed by atoms with Crippen LogP contribution in [0.15, 0.2) is 24.3 Å². The van der Waals surface area contributed by atoms with Gasteiger partial charge in [0.15, 0.2) is 0 Å². The van der Waals surface area contributed by atoms with Crippen LogP contribution in [-0.2, 0) is 20.8 Å². The minimum Gasteiger partial charge on any atom is -0.325 e. The van der Waals surface area contributed by atoms with E-state index >= 15 is 0 Å². The number of amides is 5. The Morgan fingerprint density at radius 3 is 2.38 bits per heavy atom. The lowest BCUT2D eigenvalue weighted by molar-refractivity contribution is -0.144. The number of hydrogen-bond acceptors (Lipinski definition) is 5. The summed E-state index contributed by atoms with van der Waals surface area (Å²) in [5.41, 5.74) is 1.29. The van der Waals surface area contributed by atoms with Crippen LogP contribution < -0.4 is 5.32 Å². The summed E-state index contributed by atoms with van der Waals surface area (Å²) in [5, 5.41) is 11.2. The van der Waals surface area contributed by atoms with Crippen molar-refractivity contribution in [2.45, 2.75) is 38.1 Å². The number of carbonyl (C=O) groups excluding carboxylic acids is 4. The maximum absolute atomic E-state index is 12.4. The van der Waals surface area contributed by atoms with Crippen molar-refractivity contribution in [2.24, 2.45) is 0 Å². The molecular weight excluding hydrogens is 336 g/mol. The van der Waals surface area contributed by atoms with Gasteiger partial charge in [0.05, 0.1) is 12.5 Å². The third kappa shape index (κ3) is 3.42. The highest BCUT2D eigenvalue weighted by Gasteiger charge is 2.48. The van der Waals surface area contributed by atoms with Crippen molar-refractivity contribution in [3.05, 3.63) is 29.8 Å². The van der Waals surface area contributed by atoms with Crippen molar-refractivity contribution >= 4 is 29.4 Å². The van der Waals surface area contributed by atoms with Gasteiger partial charge in [0.1, 0.15) is 6.54 Å². The first-order chi connectivity index (χ1) is 12.5. The fourth-order valence-corrected chi connectivity index (χ4v) is 3.29. The molecule has 8 nitrogen and oxygen atoms in total. The molecule has 8 heteroatoms. The van der Waals surface area contributed by atoms with Crippen LogP contribution in [0.1, 0.15) is 31.2 Å². The van der Waals surface area contributed by atoms with Crippen molar-refractivity contribution in [1.82, 2.24) is 9.80 Å². The Hall–Kier alpha value is -3.21. The molecule has 2 fully saturated rings. The summed E-state index contributed by atoms with van der Waals surface area (Å²) in [6.45, 7) is -0.507. The third-order valence-corrected chi connectivity index (χ3v) is 4.60. The van der Waals surface area contributed by atoms with Crippen LogP contribution in [0.2, 0.25) is 0 Å². The number of nitrogens with zero attached hydrogens (tertiary/aromatic N) is 3. The Kier molecular flexibility index (Phi) is 4.98. The highest BCUT2D eigenvalue weighted by atomic mass is 16.2. The molecule has 1 aromatic rings. The van der Waals surface area contributed by atoms with Gasteiger partial charge in [0, 0.05) is 11.7 Å². The number of nitriles is 1. The van der Waals surface area contributed by atoms with E-state index in [2.05, 4.69) is 5.32 Å². The Bertz CT molecular complexity index is 790. The predicted molar refractivity (Wildman–Crippen MR) is 90.6 cm³/mol. The van der Waals surface area contributed by atoms with Crippen molar-refractivity contribution in [2.75, 3.05) is 11.9 Å². The first-order valence-corrected chi connectivity index (χ1v) is 8.46. The lowest BCUT2D eigenvalue weighted by Gasteiger charge is -2.20. The number of imide groups is 2. The minimum absolute atomic E-state index is 0.250. The maximum atomic E-state index is 12.4. The van der Waals surface area contributed by atoms with Crippen molar-refractivity contribution in [3.8, 4) is 6.07 Å². The van der Waals surface area contributed by atoms with E-state index in [4.69, 9.17) is 5.26 Å². The molecule has 0 unspecified atom stereocenters. The lowest BCUT2D eigenvalue weighted by atomic mass is 10.1. The largest absolute Gasteiger partial charge is 0.334 e. The first-order valence-electron chi connectivity index (χ1n) is 8.46. The van der Waals surface area contributed by atoms with Crippen molar-refractivity contribution in [1.29, 1.82) is 5.26 Å². The van der Waals surface area contributed by atoms with Gasteiger partial charge in [-0.15, -0.1) is 0 Å². The van der Waals surface area contributed by atoms with Crippen LogP contribution in [0.4, 0.5) is 10.5 Å². The number of urea groups is 1. The monoisotopic (exact) mass is 354 g/mol. The molecule has 0 bridgehead atoms. The summed E-state index contributed by atoms with van der Waals surface area (Å²) in [6.07, 6.45) is 3.49. The Labute approximate surface area is 150 Å².